The van der Waals surface area contributed by atoms with Crippen molar-refractivity contribution in [3.63, 3.8) is 0 Å². The van der Waals surface area contributed by atoms with Crippen LogP contribution in [0, 0.1) is 6.92 Å². The minimum atomic E-state index is -1.05. The van der Waals surface area contributed by atoms with Gasteiger partial charge in [0.1, 0.15) is 10.5 Å². The Labute approximate surface area is 161 Å². The summed E-state index contributed by atoms with van der Waals surface area (Å²) in [5.41, 5.74) is 2.65. The number of carbonyl (C=O) groups excluding carboxylic acids is 2. The van der Waals surface area contributed by atoms with Crippen LogP contribution in [-0.4, -0.2) is 21.8 Å². The van der Waals surface area contributed by atoms with Gasteiger partial charge in [-0.3, -0.25) is 9.69 Å². The van der Waals surface area contributed by atoms with Crippen LogP contribution < -0.4 is 5.32 Å². The molecule has 0 radical (unpaired) electrons. The number of aromatic nitrogens is 1. The van der Waals surface area contributed by atoms with Crippen LogP contribution in [0.1, 0.15) is 23.7 Å². The van der Waals surface area contributed by atoms with Gasteiger partial charge in [-0.25, -0.2) is 9.78 Å². The van der Waals surface area contributed by atoms with Crippen molar-refractivity contribution in [3.8, 4) is 10.6 Å². The summed E-state index contributed by atoms with van der Waals surface area (Å²) < 4.78 is 0. The molecule has 1 N–H and O–H groups in total. The predicted molar refractivity (Wildman–Crippen MR) is 105 cm³/mol. The number of nitrogens with one attached hydrogen (secondary N) is 1. The van der Waals surface area contributed by atoms with Crippen molar-refractivity contribution in [2.75, 3.05) is 0 Å². The van der Waals surface area contributed by atoms with Crippen molar-refractivity contribution in [3.05, 3.63) is 76.8 Å². The van der Waals surface area contributed by atoms with Crippen LogP contribution in [0.4, 0.5) is 4.79 Å². The van der Waals surface area contributed by atoms with Crippen LogP contribution in [0.2, 0.25) is 0 Å². The van der Waals surface area contributed by atoms with Crippen molar-refractivity contribution in [1.82, 2.24) is 15.2 Å². The molecule has 27 heavy (non-hydrogen) atoms. The number of aryl methyl sites for hydroxylation is 1. The zero-order valence-electron chi connectivity index (χ0n) is 15.1. The quantitative estimate of drug-likeness (QED) is 0.697. The summed E-state index contributed by atoms with van der Waals surface area (Å²) in [5.74, 6) is -0.261. The first-order valence-electron chi connectivity index (χ1n) is 8.68. The SMILES string of the molecule is Cc1ccc(-c2nc(CN3C(=O)N[C@](C)(c4ccccc4)C3=O)cs2)cc1. The van der Waals surface area contributed by atoms with E-state index in [-0.39, 0.29) is 12.5 Å². The molecule has 0 spiro atoms. The lowest BCUT2D eigenvalue weighted by Gasteiger charge is -2.21. The molecule has 3 amide bonds. The Hall–Kier alpha value is -2.99. The fourth-order valence-electron chi connectivity index (χ4n) is 3.18. The Morgan fingerprint density at radius 1 is 1.07 bits per heavy atom. The second-order valence-corrected chi connectivity index (χ2v) is 7.68. The third-order valence-corrected chi connectivity index (χ3v) is 5.74. The minimum absolute atomic E-state index is 0.162. The van der Waals surface area contributed by atoms with Crippen molar-refractivity contribution >= 4 is 23.3 Å². The fraction of sp³-hybridized carbons (Fsp3) is 0.190. The number of urea groups is 1. The molecule has 136 valence electrons. The van der Waals surface area contributed by atoms with Gasteiger partial charge in [0.25, 0.3) is 5.91 Å². The van der Waals surface area contributed by atoms with Crippen LogP contribution in [0.15, 0.2) is 60.0 Å². The van der Waals surface area contributed by atoms with E-state index >= 15 is 0 Å². The molecular formula is C21H19N3O2S. The summed E-state index contributed by atoms with van der Waals surface area (Å²) in [6.07, 6.45) is 0. The zero-order valence-corrected chi connectivity index (χ0v) is 15.9. The fourth-order valence-corrected chi connectivity index (χ4v) is 4.00. The normalized spacial score (nSPS) is 19.4. The Kier molecular flexibility index (Phi) is 4.28. The van der Waals surface area contributed by atoms with Gasteiger partial charge in [-0.1, -0.05) is 60.2 Å². The Bertz CT molecular complexity index is 998. The summed E-state index contributed by atoms with van der Waals surface area (Å²) in [6.45, 7) is 3.94. The number of rotatable bonds is 4. The number of carbonyl (C=O) groups is 2. The van der Waals surface area contributed by atoms with Gasteiger partial charge >= 0.3 is 6.03 Å². The van der Waals surface area contributed by atoms with E-state index in [1.54, 1.807) is 6.92 Å². The third kappa shape index (κ3) is 3.13. The van der Waals surface area contributed by atoms with Crippen LogP contribution in [0.5, 0.6) is 0 Å². The largest absolute Gasteiger partial charge is 0.325 e. The van der Waals surface area contributed by atoms with Crippen molar-refractivity contribution in [2.24, 2.45) is 0 Å². The maximum absolute atomic E-state index is 13.0. The Morgan fingerprint density at radius 2 is 1.78 bits per heavy atom. The molecule has 6 heteroatoms. The molecule has 1 aliphatic heterocycles. The molecular weight excluding hydrogens is 358 g/mol. The van der Waals surface area contributed by atoms with Gasteiger partial charge in [-0.15, -0.1) is 11.3 Å². The summed E-state index contributed by atoms with van der Waals surface area (Å²) in [5, 5.41) is 5.60. The average molecular weight is 377 g/mol. The first-order valence-corrected chi connectivity index (χ1v) is 9.56. The van der Waals surface area contributed by atoms with Gasteiger partial charge in [-0.2, -0.15) is 0 Å². The molecule has 2 aromatic carbocycles. The second kappa shape index (κ2) is 6.63. The van der Waals surface area contributed by atoms with E-state index in [2.05, 4.69) is 10.3 Å². The summed E-state index contributed by atoms with van der Waals surface area (Å²) in [4.78, 5) is 31.3. The highest BCUT2D eigenvalue weighted by Gasteiger charge is 2.48. The number of imide groups is 1. The smallest absolute Gasteiger partial charge is 0.319 e. The van der Waals surface area contributed by atoms with Crippen molar-refractivity contribution in [2.45, 2.75) is 25.9 Å². The summed E-state index contributed by atoms with van der Waals surface area (Å²) >= 11 is 1.51. The number of hydrogen-bond donors (Lipinski definition) is 1. The van der Waals surface area contributed by atoms with Crippen LogP contribution in [0.25, 0.3) is 10.6 Å². The monoisotopic (exact) mass is 377 g/mol. The van der Waals surface area contributed by atoms with Gasteiger partial charge in [0.05, 0.1) is 12.2 Å². The number of amides is 3. The highest BCUT2D eigenvalue weighted by atomic mass is 32.1. The minimum Gasteiger partial charge on any atom is -0.319 e. The molecule has 5 nitrogen and oxygen atoms in total. The molecule has 3 aromatic rings. The molecule has 0 bridgehead atoms. The number of hydrogen-bond acceptors (Lipinski definition) is 4. The van der Waals surface area contributed by atoms with Crippen molar-refractivity contribution < 1.29 is 9.59 Å². The number of benzene rings is 2. The van der Waals surface area contributed by atoms with E-state index in [9.17, 15) is 9.59 Å². The van der Waals surface area contributed by atoms with E-state index < -0.39 is 11.6 Å². The average Bonchev–Trinajstić information content (AvgIpc) is 3.23. The third-order valence-electron chi connectivity index (χ3n) is 4.80. The van der Waals surface area contributed by atoms with Gasteiger partial charge in [0.2, 0.25) is 0 Å². The van der Waals surface area contributed by atoms with E-state index in [4.69, 9.17) is 0 Å². The summed E-state index contributed by atoms with van der Waals surface area (Å²) in [6, 6.07) is 17.0. The lowest BCUT2D eigenvalue weighted by Crippen LogP contribution is -2.40. The maximum atomic E-state index is 13.0. The van der Waals surface area contributed by atoms with E-state index in [0.717, 1.165) is 16.1 Å². The van der Waals surface area contributed by atoms with Gasteiger partial charge in [0.15, 0.2) is 0 Å². The van der Waals surface area contributed by atoms with Gasteiger partial charge < -0.3 is 5.32 Å². The molecule has 1 atom stereocenters. The van der Waals surface area contributed by atoms with Gasteiger partial charge in [0, 0.05) is 10.9 Å². The molecule has 4 rings (SSSR count). The second-order valence-electron chi connectivity index (χ2n) is 6.82. The first kappa shape index (κ1) is 17.4. The molecule has 0 unspecified atom stereocenters. The van der Waals surface area contributed by atoms with Crippen LogP contribution in [-0.2, 0) is 16.9 Å². The Balaban J connectivity index is 1.56. The lowest BCUT2D eigenvalue weighted by atomic mass is 9.92. The lowest BCUT2D eigenvalue weighted by molar-refractivity contribution is -0.131. The Morgan fingerprint density at radius 3 is 2.48 bits per heavy atom. The standard InChI is InChI=1S/C21H19N3O2S/c1-14-8-10-15(11-9-14)18-22-17(13-27-18)12-24-19(25)21(2,23-20(24)26)16-6-4-3-5-7-16/h3-11,13H,12H2,1-2H3,(H,23,26)/t21-/m1/s1. The van der Waals surface area contributed by atoms with Crippen LogP contribution in [0.3, 0.4) is 0 Å². The molecule has 1 aliphatic rings. The van der Waals surface area contributed by atoms with E-state index in [1.165, 1.54) is 21.8 Å². The molecule has 1 fully saturated rings. The van der Waals surface area contributed by atoms with Crippen LogP contribution >= 0.6 is 11.3 Å². The topological polar surface area (TPSA) is 62.3 Å². The maximum Gasteiger partial charge on any atom is 0.325 e. The molecule has 0 aliphatic carbocycles. The molecule has 2 heterocycles. The zero-order chi connectivity index (χ0) is 19.0. The highest BCUT2D eigenvalue weighted by Crippen LogP contribution is 2.30. The molecule has 0 saturated carbocycles. The van der Waals surface area contributed by atoms with E-state index in [0.29, 0.717) is 5.69 Å². The molecule has 1 saturated heterocycles. The molecule has 1 aromatic heterocycles. The first-order chi connectivity index (χ1) is 13.0. The predicted octanol–water partition coefficient (Wildman–Crippen LogP) is 4.09. The number of thiazole rings is 1. The van der Waals surface area contributed by atoms with E-state index in [1.807, 2.05) is 66.9 Å². The van der Waals surface area contributed by atoms with Crippen molar-refractivity contribution in [1.29, 1.82) is 0 Å². The summed E-state index contributed by atoms with van der Waals surface area (Å²) in [7, 11) is 0. The number of nitrogens with zero attached hydrogens (tertiary/aromatic N) is 2. The van der Waals surface area contributed by atoms with Gasteiger partial charge in [-0.05, 0) is 19.4 Å². The highest BCUT2D eigenvalue weighted by molar-refractivity contribution is 7.13.